The Balaban J connectivity index is 0.951. The third-order valence-electron chi connectivity index (χ3n) is 13.5. The van der Waals surface area contributed by atoms with Gasteiger partial charge in [0.05, 0.1) is 0 Å². The standard InChI is InChI=1S/C61H40N2O2/c1-61(2)52-30-28-39-11-3-6-14-49(39)58(52)50-29-27-42(36-53(50)61)46-31-43-12-4-5-13-48(43)51(35-46)47-33-44(37-19-23-40(24-20-37)59-62-54-15-7-9-17-56(54)64-59)32-45(34-47)38-21-25-41(26-22-38)60-63-55-16-8-10-18-57(55)65-60/h3-36H,1-2H3. The van der Waals surface area contributed by atoms with Crippen LogP contribution in [0.3, 0.4) is 0 Å². The van der Waals surface area contributed by atoms with E-state index in [9.17, 15) is 0 Å². The molecule has 4 nitrogen and oxygen atoms in total. The largest absolute Gasteiger partial charge is 0.436 e. The highest BCUT2D eigenvalue weighted by Crippen LogP contribution is 2.52. The summed E-state index contributed by atoms with van der Waals surface area (Å²) in [6, 6.07) is 73.9. The molecule has 0 atom stereocenters. The molecule has 0 radical (unpaired) electrons. The molecule has 0 unspecified atom stereocenters. The van der Waals surface area contributed by atoms with E-state index >= 15 is 0 Å². The second-order valence-electron chi connectivity index (χ2n) is 17.8. The van der Waals surface area contributed by atoms with Crippen LogP contribution >= 0.6 is 0 Å². The molecule has 0 fully saturated rings. The molecule has 0 saturated carbocycles. The van der Waals surface area contributed by atoms with E-state index in [1.165, 1.54) is 60.5 Å². The maximum atomic E-state index is 6.15. The minimum Gasteiger partial charge on any atom is -0.436 e. The zero-order valence-electron chi connectivity index (χ0n) is 35.8. The number of hydrogen-bond acceptors (Lipinski definition) is 4. The monoisotopic (exact) mass is 832 g/mol. The van der Waals surface area contributed by atoms with Gasteiger partial charge in [0.1, 0.15) is 11.0 Å². The molecule has 0 bridgehead atoms. The molecule has 13 rings (SSSR count). The van der Waals surface area contributed by atoms with Crippen molar-refractivity contribution >= 4 is 43.7 Å². The number of rotatable bonds is 6. The van der Waals surface area contributed by atoms with Crippen LogP contribution in [0.1, 0.15) is 25.0 Å². The Hall–Kier alpha value is -8.34. The van der Waals surface area contributed by atoms with Gasteiger partial charge in [-0.2, -0.15) is 0 Å². The number of para-hydroxylation sites is 4. The molecule has 306 valence electrons. The highest BCUT2D eigenvalue weighted by Gasteiger charge is 2.36. The summed E-state index contributed by atoms with van der Waals surface area (Å²) in [6.45, 7) is 4.74. The lowest BCUT2D eigenvalue weighted by atomic mass is 9.81. The molecule has 4 heteroatoms. The molecule has 2 aromatic heterocycles. The van der Waals surface area contributed by atoms with E-state index in [0.717, 1.165) is 61.1 Å². The summed E-state index contributed by atoms with van der Waals surface area (Å²) in [7, 11) is 0. The lowest BCUT2D eigenvalue weighted by Crippen LogP contribution is -2.15. The van der Waals surface area contributed by atoms with E-state index in [-0.39, 0.29) is 5.41 Å². The number of oxazole rings is 2. The quantitative estimate of drug-likeness (QED) is 0.167. The number of hydrogen-bond donors (Lipinski definition) is 0. The summed E-state index contributed by atoms with van der Waals surface area (Å²) < 4.78 is 12.3. The first-order valence-electron chi connectivity index (χ1n) is 22.2. The Morgan fingerprint density at radius 1 is 0.338 bits per heavy atom. The summed E-state index contributed by atoms with van der Waals surface area (Å²) in [5.41, 5.74) is 19.6. The van der Waals surface area contributed by atoms with Crippen molar-refractivity contribution in [1.29, 1.82) is 0 Å². The van der Waals surface area contributed by atoms with Crippen LogP contribution in [0.2, 0.25) is 0 Å². The van der Waals surface area contributed by atoms with Crippen LogP contribution in [0.5, 0.6) is 0 Å². The Labute approximate surface area is 376 Å². The normalized spacial score (nSPS) is 12.9. The number of aromatic nitrogens is 2. The minimum absolute atomic E-state index is 0.139. The van der Waals surface area contributed by atoms with Crippen LogP contribution in [0, 0.1) is 0 Å². The van der Waals surface area contributed by atoms with Gasteiger partial charge in [0.15, 0.2) is 11.2 Å². The minimum atomic E-state index is -0.139. The first-order chi connectivity index (χ1) is 31.9. The molecule has 0 aliphatic heterocycles. The molecule has 1 aliphatic carbocycles. The maximum absolute atomic E-state index is 6.15. The third kappa shape index (κ3) is 6.13. The zero-order valence-corrected chi connectivity index (χ0v) is 35.8. The van der Waals surface area contributed by atoms with Crippen LogP contribution in [-0.2, 0) is 5.41 Å². The van der Waals surface area contributed by atoms with Crippen molar-refractivity contribution in [3.05, 3.63) is 217 Å². The van der Waals surface area contributed by atoms with Gasteiger partial charge in [-0.25, -0.2) is 9.97 Å². The highest BCUT2D eigenvalue weighted by molar-refractivity contribution is 6.04. The van der Waals surface area contributed by atoms with E-state index in [1.54, 1.807) is 0 Å². The van der Waals surface area contributed by atoms with Gasteiger partial charge < -0.3 is 8.83 Å². The molecule has 0 saturated heterocycles. The summed E-state index contributed by atoms with van der Waals surface area (Å²) in [6.07, 6.45) is 0. The number of nitrogens with zero attached hydrogens (tertiary/aromatic N) is 2. The van der Waals surface area contributed by atoms with Crippen molar-refractivity contribution in [3.8, 4) is 78.5 Å². The van der Waals surface area contributed by atoms with Gasteiger partial charge in [-0.3, -0.25) is 0 Å². The van der Waals surface area contributed by atoms with Crippen molar-refractivity contribution in [2.75, 3.05) is 0 Å². The fourth-order valence-electron chi connectivity index (χ4n) is 10.1. The molecule has 0 spiro atoms. The van der Waals surface area contributed by atoms with Gasteiger partial charge in [-0.15, -0.1) is 0 Å². The lowest BCUT2D eigenvalue weighted by Gasteiger charge is -2.22. The summed E-state index contributed by atoms with van der Waals surface area (Å²) in [4.78, 5) is 9.54. The molecular weight excluding hydrogens is 793 g/mol. The van der Waals surface area contributed by atoms with Gasteiger partial charge in [0, 0.05) is 16.5 Å². The van der Waals surface area contributed by atoms with Crippen molar-refractivity contribution in [3.63, 3.8) is 0 Å². The van der Waals surface area contributed by atoms with Crippen LogP contribution in [0.4, 0.5) is 0 Å². The van der Waals surface area contributed by atoms with Gasteiger partial charge in [-0.1, -0.05) is 135 Å². The van der Waals surface area contributed by atoms with Crippen molar-refractivity contribution in [2.24, 2.45) is 0 Å². The predicted molar refractivity (Wildman–Crippen MR) is 267 cm³/mol. The zero-order chi connectivity index (χ0) is 43.2. The maximum Gasteiger partial charge on any atom is 0.227 e. The van der Waals surface area contributed by atoms with Gasteiger partial charge >= 0.3 is 0 Å². The van der Waals surface area contributed by atoms with Crippen molar-refractivity contribution in [2.45, 2.75) is 19.3 Å². The topological polar surface area (TPSA) is 52.1 Å². The number of fused-ring (bicyclic) bond motifs is 8. The smallest absolute Gasteiger partial charge is 0.227 e. The summed E-state index contributed by atoms with van der Waals surface area (Å²) in [5, 5.41) is 5.00. The van der Waals surface area contributed by atoms with Gasteiger partial charge in [0.2, 0.25) is 11.8 Å². The predicted octanol–water partition coefficient (Wildman–Crippen LogP) is 16.6. The molecule has 2 heterocycles. The van der Waals surface area contributed by atoms with Crippen LogP contribution in [0.15, 0.2) is 215 Å². The van der Waals surface area contributed by atoms with Crippen LogP contribution in [-0.4, -0.2) is 9.97 Å². The highest BCUT2D eigenvalue weighted by atomic mass is 16.4. The summed E-state index contributed by atoms with van der Waals surface area (Å²) >= 11 is 0. The second-order valence-corrected chi connectivity index (χ2v) is 17.8. The van der Waals surface area contributed by atoms with E-state index in [4.69, 9.17) is 18.8 Å². The molecule has 10 aromatic carbocycles. The Bertz CT molecular complexity index is 3650. The molecule has 0 amide bonds. The second kappa shape index (κ2) is 14.3. The molecule has 12 aromatic rings. The van der Waals surface area contributed by atoms with Crippen LogP contribution < -0.4 is 0 Å². The molecule has 1 aliphatic rings. The van der Waals surface area contributed by atoms with Crippen molar-refractivity contribution < 1.29 is 8.83 Å². The average molecular weight is 833 g/mol. The number of benzene rings is 10. The first-order valence-corrected chi connectivity index (χ1v) is 22.2. The lowest BCUT2D eigenvalue weighted by molar-refractivity contribution is 0.619. The Morgan fingerprint density at radius 2 is 0.846 bits per heavy atom. The molecule has 0 N–H and O–H groups in total. The fourth-order valence-corrected chi connectivity index (χ4v) is 10.1. The first kappa shape index (κ1) is 37.2. The third-order valence-corrected chi connectivity index (χ3v) is 13.5. The average Bonchev–Trinajstić information content (AvgIpc) is 4.06. The SMILES string of the molecule is CC1(C)c2cc(-c3cc(-c4cc(-c5ccc(-c6nc7ccccc7o6)cc5)cc(-c5ccc(-c6nc7ccccc7o6)cc5)c4)c4ccccc4c3)ccc2-c2c1ccc1ccccc21. The van der Waals surface area contributed by atoms with E-state index in [0.29, 0.717) is 11.8 Å². The fraction of sp³-hybridized carbons (Fsp3) is 0.0492. The van der Waals surface area contributed by atoms with Crippen molar-refractivity contribution in [1.82, 2.24) is 9.97 Å². The molecule has 65 heavy (non-hydrogen) atoms. The van der Waals surface area contributed by atoms with E-state index in [2.05, 4.69) is 172 Å². The van der Waals surface area contributed by atoms with Gasteiger partial charge in [-0.05, 0) is 173 Å². The van der Waals surface area contributed by atoms with Gasteiger partial charge in [0.25, 0.3) is 0 Å². The van der Waals surface area contributed by atoms with E-state index < -0.39 is 0 Å². The van der Waals surface area contributed by atoms with E-state index in [1.807, 2.05) is 48.5 Å². The Morgan fingerprint density at radius 3 is 1.48 bits per heavy atom. The molecular formula is C61H40N2O2. The van der Waals surface area contributed by atoms with Crippen LogP contribution in [0.25, 0.3) is 122 Å². The Kier molecular flexibility index (Phi) is 8.22. The summed E-state index contributed by atoms with van der Waals surface area (Å²) in [5.74, 6) is 1.23.